The van der Waals surface area contributed by atoms with Gasteiger partial charge in [0.15, 0.2) is 30.9 Å². The fraction of sp³-hybridized carbons (Fsp3) is 0.700. The number of amides is 1. The number of aliphatic hydroxyl groups is 1. The number of benzene rings is 1. The summed E-state index contributed by atoms with van der Waals surface area (Å²) in [6.07, 6.45) is -13.8. The van der Waals surface area contributed by atoms with E-state index >= 15 is 0 Å². The number of aliphatic hydroxyl groups excluding tert-OH is 1. The van der Waals surface area contributed by atoms with Crippen molar-refractivity contribution >= 4 is 35.8 Å². The molecule has 10 atom stereocenters. The Balaban J connectivity index is 2.14. The lowest BCUT2D eigenvalue weighted by molar-refractivity contribution is -0.351. The second-order valence-electron chi connectivity index (χ2n) is 17.2. The maximum atomic E-state index is 13.4. The normalized spacial score (nSPS) is 28.0. The fourth-order valence-corrected chi connectivity index (χ4v) is 5.62. The molecule has 17 heteroatoms. The molecule has 1 amide bonds. The molecule has 320 valence electrons. The molecule has 3 rings (SSSR count). The first-order valence-electron chi connectivity index (χ1n) is 18.8. The van der Waals surface area contributed by atoms with Gasteiger partial charge in [0, 0.05) is 20.8 Å². The van der Waals surface area contributed by atoms with Crippen LogP contribution in [-0.4, -0.2) is 115 Å². The van der Waals surface area contributed by atoms with Crippen molar-refractivity contribution < 1.29 is 76.5 Å². The van der Waals surface area contributed by atoms with Gasteiger partial charge in [-0.15, -0.1) is 0 Å². The second-order valence-corrected chi connectivity index (χ2v) is 17.2. The van der Waals surface area contributed by atoms with E-state index in [1.807, 2.05) is 6.07 Å². The van der Waals surface area contributed by atoms with Gasteiger partial charge in [0.1, 0.15) is 43.7 Å². The zero-order valence-corrected chi connectivity index (χ0v) is 34.9. The molecule has 1 aromatic carbocycles. The Morgan fingerprint density at radius 2 is 1.11 bits per heavy atom. The van der Waals surface area contributed by atoms with Crippen LogP contribution in [0.15, 0.2) is 30.3 Å². The molecular weight excluding hydrogens is 750 g/mol. The lowest BCUT2D eigenvalue weighted by atomic mass is 9.93. The standard InChI is InChI=1S/C40H59NO16/c1-21(42)41-27-28(45)29(25(19-50-35(46)38(4,5)6)54-33(27)49-18-24-16-14-13-15-17-24)56-34-32(53-23(3)44)31(57-37(48)40(10,11)12)30(52-22(2)43)26(55-34)20-51-36(47)39(7,8)9/h13-17,25-34,45H,18-20H2,1-12H3,(H,41,42)/t25-,26-,27-,28-,29-,30+,31+,32-,33-,34+/m1/s1. The van der Waals surface area contributed by atoms with E-state index < -0.39 is 127 Å². The first-order valence-corrected chi connectivity index (χ1v) is 18.8. The lowest BCUT2D eigenvalue weighted by Crippen LogP contribution is -2.68. The molecule has 0 radical (unpaired) electrons. The van der Waals surface area contributed by atoms with Gasteiger partial charge in [0.05, 0.1) is 22.9 Å². The molecule has 0 aromatic heterocycles. The van der Waals surface area contributed by atoms with Gasteiger partial charge in [0.25, 0.3) is 0 Å². The van der Waals surface area contributed by atoms with Gasteiger partial charge in [-0.3, -0.25) is 28.8 Å². The van der Waals surface area contributed by atoms with Crippen LogP contribution in [-0.2, 0) is 78.0 Å². The molecule has 17 nitrogen and oxygen atoms in total. The second kappa shape index (κ2) is 19.5. The molecule has 0 aliphatic carbocycles. The third-order valence-electron chi connectivity index (χ3n) is 8.62. The highest BCUT2D eigenvalue weighted by molar-refractivity contribution is 5.77. The van der Waals surface area contributed by atoms with Crippen LogP contribution in [0.4, 0.5) is 0 Å². The number of carbonyl (C=O) groups excluding carboxylic acids is 6. The van der Waals surface area contributed by atoms with Crippen LogP contribution in [0.5, 0.6) is 0 Å². The number of ether oxygens (including phenoxy) is 9. The summed E-state index contributed by atoms with van der Waals surface area (Å²) in [5.41, 5.74) is -2.26. The van der Waals surface area contributed by atoms with Crippen molar-refractivity contribution in [3.63, 3.8) is 0 Å². The Kier molecular flexibility index (Phi) is 16.2. The average Bonchev–Trinajstić information content (AvgIpc) is 3.08. The first kappa shape index (κ1) is 47.2. The minimum absolute atomic E-state index is 0.00191. The number of hydrogen-bond acceptors (Lipinski definition) is 16. The monoisotopic (exact) mass is 809 g/mol. The van der Waals surface area contributed by atoms with Crippen LogP contribution in [0.2, 0.25) is 0 Å². The molecule has 2 aliphatic heterocycles. The van der Waals surface area contributed by atoms with E-state index in [0.29, 0.717) is 0 Å². The summed E-state index contributed by atoms with van der Waals surface area (Å²) in [5.74, 6) is -4.31. The van der Waals surface area contributed by atoms with Gasteiger partial charge in [-0.05, 0) is 67.9 Å². The Labute approximate surface area is 333 Å². The largest absolute Gasteiger partial charge is 0.462 e. The Morgan fingerprint density at radius 1 is 0.632 bits per heavy atom. The molecule has 2 aliphatic rings. The Morgan fingerprint density at radius 3 is 1.58 bits per heavy atom. The van der Waals surface area contributed by atoms with Crippen molar-refractivity contribution in [2.24, 2.45) is 16.2 Å². The van der Waals surface area contributed by atoms with E-state index in [2.05, 4.69) is 5.32 Å². The predicted molar refractivity (Wildman–Crippen MR) is 198 cm³/mol. The molecule has 0 bridgehead atoms. The molecular formula is C40H59NO16. The average molecular weight is 810 g/mol. The molecule has 2 heterocycles. The Hall–Kier alpha value is -4.16. The smallest absolute Gasteiger partial charge is 0.311 e. The van der Waals surface area contributed by atoms with E-state index in [1.165, 1.54) is 6.92 Å². The van der Waals surface area contributed by atoms with Crippen molar-refractivity contribution in [2.75, 3.05) is 13.2 Å². The van der Waals surface area contributed by atoms with E-state index in [9.17, 15) is 33.9 Å². The van der Waals surface area contributed by atoms with Crippen LogP contribution < -0.4 is 5.32 Å². The van der Waals surface area contributed by atoms with Crippen molar-refractivity contribution in [3.05, 3.63) is 35.9 Å². The van der Waals surface area contributed by atoms with Gasteiger partial charge in [-0.25, -0.2) is 0 Å². The number of hydrogen-bond donors (Lipinski definition) is 2. The summed E-state index contributed by atoms with van der Waals surface area (Å²) >= 11 is 0. The van der Waals surface area contributed by atoms with Crippen molar-refractivity contribution in [1.29, 1.82) is 0 Å². The van der Waals surface area contributed by atoms with E-state index in [4.69, 9.17) is 42.6 Å². The molecule has 0 saturated carbocycles. The minimum atomic E-state index is -1.76. The van der Waals surface area contributed by atoms with E-state index in [1.54, 1.807) is 86.6 Å². The van der Waals surface area contributed by atoms with Gasteiger partial charge in [0.2, 0.25) is 5.91 Å². The quantitative estimate of drug-likeness (QED) is 0.216. The zero-order valence-electron chi connectivity index (χ0n) is 34.9. The van der Waals surface area contributed by atoms with Gasteiger partial charge < -0.3 is 53.1 Å². The summed E-state index contributed by atoms with van der Waals surface area (Å²) < 4.78 is 53.4. The maximum absolute atomic E-state index is 13.4. The summed E-state index contributed by atoms with van der Waals surface area (Å²) in [6, 6.07) is 7.75. The summed E-state index contributed by atoms with van der Waals surface area (Å²) in [7, 11) is 0. The third kappa shape index (κ3) is 13.7. The zero-order chi connectivity index (χ0) is 43.0. The molecule has 2 saturated heterocycles. The highest BCUT2D eigenvalue weighted by Crippen LogP contribution is 2.35. The summed E-state index contributed by atoms with van der Waals surface area (Å²) in [4.78, 5) is 77.0. The number of carbonyl (C=O) groups is 6. The summed E-state index contributed by atoms with van der Waals surface area (Å²) in [6.45, 7) is 16.9. The highest BCUT2D eigenvalue weighted by Gasteiger charge is 2.57. The molecule has 2 N–H and O–H groups in total. The number of nitrogens with one attached hydrogen (secondary N) is 1. The van der Waals surface area contributed by atoms with Gasteiger partial charge >= 0.3 is 29.8 Å². The summed E-state index contributed by atoms with van der Waals surface area (Å²) in [5, 5.41) is 14.7. The number of rotatable bonds is 13. The molecule has 1 aromatic rings. The van der Waals surface area contributed by atoms with Crippen LogP contribution in [0.25, 0.3) is 0 Å². The van der Waals surface area contributed by atoms with Gasteiger partial charge in [-0.1, -0.05) is 30.3 Å². The lowest BCUT2D eigenvalue weighted by Gasteiger charge is -2.48. The molecule has 57 heavy (non-hydrogen) atoms. The van der Waals surface area contributed by atoms with E-state index in [0.717, 1.165) is 19.4 Å². The Bertz CT molecular complexity index is 1560. The van der Waals surface area contributed by atoms with Crippen LogP contribution in [0, 0.1) is 16.2 Å². The van der Waals surface area contributed by atoms with Crippen LogP contribution in [0.1, 0.15) is 88.6 Å². The van der Waals surface area contributed by atoms with Crippen LogP contribution >= 0.6 is 0 Å². The van der Waals surface area contributed by atoms with Crippen molar-refractivity contribution in [1.82, 2.24) is 5.32 Å². The molecule has 0 unspecified atom stereocenters. The predicted octanol–water partition coefficient (Wildman–Crippen LogP) is 2.90. The minimum Gasteiger partial charge on any atom is -0.462 e. The number of esters is 5. The molecule has 0 spiro atoms. The van der Waals surface area contributed by atoms with Gasteiger partial charge in [-0.2, -0.15) is 0 Å². The SMILES string of the molecule is CC(=O)N[C@H]1[C@H](OCc2ccccc2)O[C@H](COC(=O)C(C)(C)C)[C@@H](O[C@@H]2O[C@H](COC(=O)C(C)(C)C)[C@H](OC(C)=O)[C@H](OC(=O)C(C)(C)C)[C@H]2OC(C)=O)[C@@H]1O. The highest BCUT2D eigenvalue weighted by atomic mass is 16.8. The van der Waals surface area contributed by atoms with Crippen LogP contribution in [0.3, 0.4) is 0 Å². The molecule has 2 fully saturated rings. The van der Waals surface area contributed by atoms with Crippen molar-refractivity contribution in [3.8, 4) is 0 Å². The maximum Gasteiger partial charge on any atom is 0.311 e. The first-order chi connectivity index (χ1) is 26.3. The fourth-order valence-electron chi connectivity index (χ4n) is 5.62. The topological polar surface area (TPSA) is 218 Å². The van der Waals surface area contributed by atoms with Crippen molar-refractivity contribution in [2.45, 2.75) is 151 Å². The van der Waals surface area contributed by atoms with E-state index in [-0.39, 0.29) is 6.61 Å². The third-order valence-corrected chi connectivity index (χ3v) is 8.62.